The maximum Gasteiger partial charge on any atom is 0.259 e. The Labute approximate surface area is 97.4 Å². The van der Waals surface area contributed by atoms with E-state index in [1.54, 1.807) is 4.90 Å². The maximum absolute atomic E-state index is 12.1. The van der Waals surface area contributed by atoms with Crippen LogP contribution in [-0.2, 0) is 0 Å². The zero-order valence-corrected chi connectivity index (χ0v) is 9.37. The number of nitrogens with one attached hydrogen (secondary N) is 1. The smallest absolute Gasteiger partial charge is 0.259 e. The predicted octanol–water partition coefficient (Wildman–Crippen LogP) is 0.757. The fraction of sp³-hybridized carbons (Fsp3) is 0.600. The molecule has 0 atom stereocenters. The number of aliphatic hydroxyl groups is 1. The summed E-state index contributed by atoms with van der Waals surface area (Å²) in [5.41, 5.74) is 1.35. The lowest BCUT2D eigenvalue weighted by atomic mass is 10.1. The molecule has 0 aromatic carbocycles. The molecule has 2 aliphatic rings. The molecular weight excluding hydrogens is 230 g/mol. The summed E-state index contributed by atoms with van der Waals surface area (Å²) in [6.07, 6.45) is 1.78. The Bertz CT molecular complexity index is 435. The molecule has 0 radical (unpaired) electrons. The highest BCUT2D eigenvalue weighted by Crippen LogP contribution is 2.42. The van der Waals surface area contributed by atoms with Crippen molar-refractivity contribution in [3.63, 3.8) is 0 Å². The summed E-state index contributed by atoms with van der Waals surface area (Å²) in [6.45, 7) is 0.787. The molecule has 6 heteroatoms. The van der Waals surface area contributed by atoms with E-state index in [1.807, 2.05) is 0 Å². The van der Waals surface area contributed by atoms with Crippen LogP contribution in [0.25, 0.3) is 0 Å². The van der Waals surface area contributed by atoms with Gasteiger partial charge in [-0.3, -0.25) is 9.89 Å². The van der Waals surface area contributed by atoms with Gasteiger partial charge in [0.25, 0.3) is 5.91 Å². The van der Waals surface area contributed by atoms with Gasteiger partial charge in [-0.05, 0) is 12.8 Å². The summed E-state index contributed by atoms with van der Waals surface area (Å²) in [6, 6.07) is 0. The van der Waals surface area contributed by atoms with Crippen LogP contribution in [0.2, 0.25) is 5.15 Å². The van der Waals surface area contributed by atoms with Gasteiger partial charge in [-0.1, -0.05) is 11.6 Å². The maximum atomic E-state index is 12.1. The van der Waals surface area contributed by atoms with E-state index >= 15 is 0 Å². The van der Waals surface area contributed by atoms with Crippen molar-refractivity contribution in [1.29, 1.82) is 0 Å². The number of aromatic amines is 1. The van der Waals surface area contributed by atoms with Gasteiger partial charge in [-0.15, -0.1) is 0 Å². The Hall–Kier alpha value is -1.07. The van der Waals surface area contributed by atoms with Crippen LogP contribution in [0.4, 0.5) is 0 Å². The first-order chi connectivity index (χ1) is 7.66. The first-order valence-electron chi connectivity index (χ1n) is 5.38. The van der Waals surface area contributed by atoms with Gasteiger partial charge in [0.05, 0.1) is 17.4 Å². The molecule has 0 spiro atoms. The second-order valence-electron chi connectivity index (χ2n) is 4.44. The average molecular weight is 242 g/mol. The number of hydrogen-bond acceptors (Lipinski definition) is 3. The average Bonchev–Trinajstić information content (AvgIpc) is 2.97. The van der Waals surface area contributed by atoms with Gasteiger partial charge in [0.2, 0.25) is 0 Å². The number of hydrogen-bond donors (Lipinski definition) is 2. The molecule has 86 valence electrons. The summed E-state index contributed by atoms with van der Waals surface area (Å²) < 4.78 is 0. The van der Waals surface area contributed by atoms with Crippen LogP contribution < -0.4 is 0 Å². The molecule has 5 nitrogen and oxygen atoms in total. The van der Waals surface area contributed by atoms with Crippen LogP contribution in [0.1, 0.15) is 34.8 Å². The standard InChI is InChI=1S/C10H12ClN3O2/c11-9-7(8(12-13-9)5-1-2-5)10(16)14-3-6(15)4-14/h5-6,15H,1-4H2,(H,12,13). The monoisotopic (exact) mass is 241 g/mol. The fourth-order valence-electron chi connectivity index (χ4n) is 1.98. The number of rotatable bonds is 2. The number of amides is 1. The summed E-state index contributed by atoms with van der Waals surface area (Å²) in [4.78, 5) is 13.7. The molecule has 2 N–H and O–H groups in total. The van der Waals surface area contributed by atoms with Gasteiger partial charge < -0.3 is 10.0 Å². The molecule has 1 saturated carbocycles. The van der Waals surface area contributed by atoms with Crippen molar-refractivity contribution in [2.45, 2.75) is 24.9 Å². The molecule has 0 unspecified atom stereocenters. The minimum absolute atomic E-state index is 0.119. The molecule has 1 saturated heterocycles. The topological polar surface area (TPSA) is 69.2 Å². The van der Waals surface area contributed by atoms with Crippen LogP contribution in [-0.4, -0.2) is 45.3 Å². The highest BCUT2D eigenvalue weighted by Gasteiger charge is 2.37. The second-order valence-corrected chi connectivity index (χ2v) is 4.80. The summed E-state index contributed by atoms with van der Waals surface area (Å²) >= 11 is 5.92. The fourth-order valence-corrected chi connectivity index (χ4v) is 2.21. The van der Waals surface area contributed by atoms with Crippen molar-refractivity contribution in [2.24, 2.45) is 0 Å². The van der Waals surface area contributed by atoms with E-state index in [-0.39, 0.29) is 17.2 Å². The Morgan fingerprint density at radius 1 is 1.50 bits per heavy atom. The van der Waals surface area contributed by atoms with Gasteiger partial charge in [-0.2, -0.15) is 5.10 Å². The molecule has 1 aromatic heterocycles. The third kappa shape index (κ3) is 1.51. The molecule has 1 aromatic rings. The van der Waals surface area contributed by atoms with E-state index in [4.69, 9.17) is 11.6 Å². The van der Waals surface area contributed by atoms with Gasteiger partial charge in [0, 0.05) is 19.0 Å². The zero-order valence-electron chi connectivity index (χ0n) is 8.61. The molecule has 0 bridgehead atoms. The third-order valence-corrected chi connectivity index (χ3v) is 3.37. The van der Waals surface area contributed by atoms with Crippen molar-refractivity contribution < 1.29 is 9.90 Å². The number of aliphatic hydroxyl groups excluding tert-OH is 1. The van der Waals surface area contributed by atoms with Crippen LogP contribution in [0.5, 0.6) is 0 Å². The minimum Gasteiger partial charge on any atom is -0.389 e. The quantitative estimate of drug-likeness (QED) is 0.803. The number of nitrogens with zero attached hydrogens (tertiary/aromatic N) is 2. The molecule has 1 aliphatic heterocycles. The van der Waals surface area contributed by atoms with Crippen molar-refractivity contribution >= 4 is 17.5 Å². The number of carbonyl (C=O) groups is 1. The number of halogens is 1. The first kappa shape index (κ1) is 10.1. The summed E-state index contributed by atoms with van der Waals surface area (Å²) in [5.74, 6) is 0.288. The number of H-pyrrole nitrogens is 1. The molecule has 3 rings (SSSR count). The van der Waals surface area contributed by atoms with Gasteiger partial charge in [-0.25, -0.2) is 0 Å². The van der Waals surface area contributed by atoms with Crippen LogP contribution in [0.3, 0.4) is 0 Å². The Balaban J connectivity index is 1.87. The lowest BCUT2D eigenvalue weighted by molar-refractivity contribution is 0.00583. The molecular formula is C10H12ClN3O2. The van der Waals surface area contributed by atoms with Crippen LogP contribution >= 0.6 is 11.6 Å². The number of aromatic nitrogens is 2. The molecule has 2 fully saturated rings. The number of likely N-dealkylation sites (tertiary alicyclic amines) is 1. The van der Waals surface area contributed by atoms with E-state index in [1.165, 1.54) is 0 Å². The van der Waals surface area contributed by atoms with Crippen LogP contribution in [0, 0.1) is 0 Å². The van der Waals surface area contributed by atoms with E-state index < -0.39 is 0 Å². The molecule has 1 amide bonds. The SMILES string of the molecule is O=C(c1c(Cl)n[nH]c1C1CC1)N1CC(O)C1. The summed E-state index contributed by atoms with van der Waals surface area (Å²) in [5, 5.41) is 16.1. The first-order valence-corrected chi connectivity index (χ1v) is 5.75. The van der Waals surface area contributed by atoms with E-state index in [0.29, 0.717) is 24.6 Å². The highest BCUT2D eigenvalue weighted by molar-refractivity contribution is 6.32. The van der Waals surface area contributed by atoms with E-state index in [9.17, 15) is 9.90 Å². The third-order valence-electron chi connectivity index (χ3n) is 3.10. The Kier molecular flexibility index (Phi) is 2.19. The number of β-amino-alcohol motifs (C(OH)–C–C–N with tert-alkyl or cyclic N) is 1. The normalized spacial score (nSPS) is 21.0. The molecule has 16 heavy (non-hydrogen) atoms. The highest BCUT2D eigenvalue weighted by atomic mass is 35.5. The van der Waals surface area contributed by atoms with E-state index in [2.05, 4.69) is 10.2 Å². The largest absolute Gasteiger partial charge is 0.389 e. The summed E-state index contributed by atoms with van der Waals surface area (Å²) in [7, 11) is 0. The second kappa shape index (κ2) is 3.46. The van der Waals surface area contributed by atoms with Crippen molar-refractivity contribution in [3.05, 3.63) is 16.4 Å². The van der Waals surface area contributed by atoms with Gasteiger partial charge in [0.1, 0.15) is 0 Å². The van der Waals surface area contributed by atoms with Crippen molar-refractivity contribution in [2.75, 3.05) is 13.1 Å². The van der Waals surface area contributed by atoms with Gasteiger partial charge in [0.15, 0.2) is 5.15 Å². The Morgan fingerprint density at radius 3 is 2.75 bits per heavy atom. The predicted molar refractivity (Wildman–Crippen MR) is 57.5 cm³/mol. The van der Waals surface area contributed by atoms with Crippen molar-refractivity contribution in [3.8, 4) is 0 Å². The lowest BCUT2D eigenvalue weighted by Gasteiger charge is -2.35. The molecule has 2 heterocycles. The van der Waals surface area contributed by atoms with E-state index in [0.717, 1.165) is 18.5 Å². The van der Waals surface area contributed by atoms with Gasteiger partial charge >= 0.3 is 0 Å². The molecule has 1 aliphatic carbocycles. The number of carbonyl (C=O) groups excluding carboxylic acids is 1. The Morgan fingerprint density at radius 2 is 2.19 bits per heavy atom. The van der Waals surface area contributed by atoms with Crippen LogP contribution in [0.15, 0.2) is 0 Å². The zero-order chi connectivity index (χ0) is 11.3. The lowest BCUT2D eigenvalue weighted by Crippen LogP contribution is -2.53. The minimum atomic E-state index is -0.390. The van der Waals surface area contributed by atoms with Crippen molar-refractivity contribution in [1.82, 2.24) is 15.1 Å².